The SMILES string of the molecule is O=C(Nc1cc(=O)[nH][nH]1)C1=C2C=C3CC3=C2C=C1. The first kappa shape index (κ1) is 9.47. The van der Waals surface area contributed by atoms with E-state index in [1.807, 2.05) is 12.2 Å². The van der Waals surface area contributed by atoms with Crippen molar-refractivity contribution in [2.24, 2.45) is 0 Å². The van der Waals surface area contributed by atoms with Crippen molar-refractivity contribution in [1.29, 1.82) is 0 Å². The van der Waals surface area contributed by atoms with E-state index in [0.717, 1.165) is 12.0 Å². The van der Waals surface area contributed by atoms with Crippen molar-refractivity contribution in [2.75, 3.05) is 5.32 Å². The first-order chi connectivity index (χ1) is 8.72. The van der Waals surface area contributed by atoms with Gasteiger partial charge in [0.15, 0.2) is 0 Å². The minimum Gasteiger partial charge on any atom is -0.307 e. The minimum absolute atomic E-state index is 0.203. The van der Waals surface area contributed by atoms with Crippen molar-refractivity contribution in [3.8, 4) is 0 Å². The van der Waals surface area contributed by atoms with Gasteiger partial charge in [-0.25, -0.2) is 0 Å². The van der Waals surface area contributed by atoms with Crippen molar-refractivity contribution in [2.45, 2.75) is 6.42 Å². The minimum atomic E-state index is -0.267. The summed E-state index contributed by atoms with van der Waals surface area (Å²) >= 11 is 0. The molecule has 3 aliphatic rings. The first-order valence-electron chi connectivity index (χ1n) is 5.68. The number of aromatic amines is 2. The normalized spacial score (nSPS) is 19.0. The molecule has 88 valence electrons. The highest BCUT2D eigenvalue weighted by molar-refractivity contribution is 6.08. The van der Waals surface area contributed by atoms with Gasteiger partial charge in [-0.2, -0.15) is 0 Å². The molecule has 0 bridgehead atoms. The second-order valence-electron chi connectivity index (χ2n) is 4.53. The molecule has 1 aromatic heterocycles. The van der Waals surface area contributed by atoms with E-state index < -0.39 is 0 Å². The Labute approximate surface area is 102 Å². The third-order valence-electron chi connectivity index (χ3n) is 3.36. The second-order valence-corrected chi connectivity index (χ2v) is 4.53. The van der Waals surface area contributed by atoms with Crippen LogP contribution in [-0.4, -0.2) is 16.1 Å². The zero-order chi connectivity index (χ0) is 12.3. The lowest BCUT2D eigenvalue weighted by Gasteiger charge is -2.03. The van der Waals surface area contributed by atoms with Gasteiger partial charge in [-0.3, -0.25) is 19.8 Å². The maximum absolute atomic E-state index is 12.1. The number of anilines is 1. The van der Waals surface area contributed by atoms with Gasteiger partial charge in [0.25, 0.3) is 11.5 Å². The Morgan fingerprint density at radius 1 is 1.22 bits per heavy atom. The summed E-state index contributed by atoms with van der Waals surface area (Å²) in [4.78, 5) is 23.0. The van der Waals surface area contributed by atoms with E-state index in [0.29, 0.717) is 11.4 Å². The molecule has 1 aromatic rings. The highest BCUT2D eigenvalue weighted by Crippen LogP contribution is 2.51. The number of fused-ring (bicyclic) bond motifs is 2. The number of hydrogen-bond acceptors (Lipinski definition) is 2. The number of allylic oxidation sites excluding steroid dienone is 6. The van der Waals surface area contributed by atoms with E-state index in [9.17, 15) is 9.59 Å². The van der Waals surface area contributed by atoms with Crippen LogP contribution in [0.15, 0.2) is 57.0 Å². The van der Waals surface area contributed by atoms with E-state index in [1.54, 1.807) is 0 Å². The van der Waals surface area contributed by atoms with Crippen LogP contribution >= 0.6 is 0 Å². The summed E-state index contributed by atoms with van der Waals surface area (Å²) < 4.78 is 0. The lowest BCUT2D eigenvalue weighted by molar-refractivity contribution is -0.112. The predicted molar refractivity (Wildman–Crippen MR) is 65.9 cm³/mol. The summed E-state index contributed by atoms with van der Waals surface area (Å²) in [6, 6.07) is 1.31. The zero-order valence-corrected chi connectivity index (χ0v) is 9.33. The van der Waals surface area contributed by atoms with Crippen LogP contribution < -0.4 is 10.9 Å². The van der Waals surface area contributed by atoms with Gasteiger partial charge in [0, 0.05) is 11.6 Å². The van der Waals surface area contributed by atoms with Crippen LogP contribution in [0.1, 0.15) is 6.42 Å². The number of amides is 1. The van der Waals surface area contributed by atoms with Crippen molar-refractivity contribution >= 4 is 11.7 Å². The lowest BCUT2D eigenvalue weighted by Crippen LogP contribution is -2.14. The van der Waals surface area contributed by atoms with E-state index in [2.05, 4.69) is 21.6 Å². The molecule has 0 aliphatic heterocycles. The number of H-pyrrole nitrogens is 2. The van der Waals surface area contributed by atoms with Gasteiger partial charge < -0.3 is 5.32 Å². The fraction of sp³-hybridized carbons (Fsp3) is 0.0769. The molecular formula is C13H9N3O2. The molecular weight excluding hydrogens is 230 g/mol. The number of nitrogens with one attached hydrogen (secondary N) is 3. The molecule has 18 heavy (non-hydrogen) atoms. The number of aromatic nitrogens is 2. The Morgan fingerprint density at radius 3 is 2.89 bits per heavy atom. The summed E-state index contributed by atoms with van der Waals surface area (Å²) in [6.45, 7) is 0. The maximum atomic E-state index is 12.1. The molecule has 0 atom stereocenters. The monoisotopic (exact) mass is 239 g/mol. The molecule has 3 N–H and O–H groups in total. The Balaban J connectivity index is 1.66. The van der Waals surface area contributed by atoms with Gasteiger partial charge in [-0.05, 0) is 40.9 Å². The van der Waals surface area contributed by atoms with E-state index in [4.69, 9.17) is 0 Å². The lowest BCUT2D eigenvalue weighted by atomic mass is 10.1. The average molecular weight is 239 g/mol. The Hall–Kier alpha value is -2.56. The fourth-order valence-electron chi connectivity index (χ4n) is 2.42. The van der Waals surface area contributed by atoms with Gasteiger partial charge in [-0.1, -0.05) is 6.08 Å². The van der Waals surface area contributed by atoms with Gasteiger partial charge in [-0.15, -0.1) is 0 Å². The van der Waals surface area contributed by atoms with Gasteiger partial charge in [0.1, 0.15) is 5.82 Å². The summed E-state index contributed by atoms with van der Waals surface area (Å²) in [6.07, 6.45) is 6.93. The average Bonchev–Trinajstić information content (AvgIpc) is 2.72. The summed E-state index contributed by atoms with van der Waals surface area (Å²) in [5.41, 5.74) is 5.26. The van der Waals surface area contributed by atoms with Crippen LogP contribution in [0.4, 0.5) is 5.82 Å². The third-order valence-corrected chi connectivity index (χ3v) is 3.36. The second kappa shape index (κ2) is 3.01. The molecule has 5 heteroatoms. The molecule has 1 heterocycles. The number of carbonyl (C=O) groups excluding carboxylic acids is 1. The topological polar surface area (TPSA) is 77.8 Å². The third kappa shape index (κ3) is 1.21. The number of rotatable bonds is 2. The molecule has 4 rings (SSSR count). The van der Waals surface area contributed by atoms with Crippen LogP contribution in [0.2, 0.25) is 0 Å². The molecule has 0 unspecified atom stereocenters. The molecule has 1 saturated carbocycles. The number of carbonyl (C=O) groups is 1. The Kier molecular flexibility index (Phi) is 1.58. The van der Waals surface area contributed by atoms with Crippen LogP contribution in [-0.2, 0) is 4.79 Å². The molecule has 3 aliphatic carbocycles. The molecule has 1 amide bonds. The van der Waals surface area contributed by atoms with E-state index in [1.165, 1.54) is 22.8 Å². The first-order valence-corrected chi connectivity index (χ1v) is 5.68. The Bertz CT molecular complexity index is 768. The summed E-state index contributed by atoms with van der Waals surface area (Å²) in [7, 11) is 0. The fourth-order valence-corrected chi connectivity index (χ4v) is 2.42. The van der Waals surface area contributed by atoms with Crippen molar-refractivity contribution < 1.29 is 4.79 Å². The van der Waals surface area contributed by atoms with Crippen molar-refractivity contribution in [1.82, 2.24) is 10.2 Å². The highest BCUT2D eigenvalue weighted by atomic mass is 16.2. The highest BCUT2D eigenvalue weighted by Gasteiger charge is 2.35. The van der Waals surface area contributed by atoms with Crippen LogP contribution in [0, 0.1) is 0 Å². The molecule has 1 fully saturated rings. The molecule has 5 nitrogen and oxygen atoms in total. The van der Waals surface area contributed by atoms with Gasteiger partial charge in [0.05, 0.1) is 0 Å². The maximum Gasteiger partial charge on any atom is 0.266 e. The van der Waals surface area contributed by atoms with Gasteiger partial charge in [0.2, 0.25) is 0 Å². The molecule has 0 saturated heterocycles. The van der Waals surface area contributed by atoms with Crippen LogP contribution in [0.25, 0.3) is 0 Å². The number of hydrogen-bond donors (Lipinski definition) is 3. The largest absolute Gasteiger partial charge is 0.307 e. The van der Waals surface area contributed by atoms with Crippen molar-refractivity contribution in [3.05, 3.63) is 62.5 Å². The van der Waals surface area contributed by atoms with Crippen molar-refractivity contribution in [3.63, 3.8) is 0 Å². The molecule has 0 spiro atoms. The predicted octanol–water partition coefficient (Wildman–Crippen LogP) is 1.15. The van der Waals surface area contributed by atoms with Gasteiger partial charge >= 0.3 is 0 Å². The zero-order valence-electron chi connectivity index (χ0n) is 9.33. The van der Waals surface area contributed by atoms with Crippen LogP contribution in [0.3, 0.4) is 0 Å². The quantitative estimate of drug-likeness (QED) is 0.723. The van der Waals surface area contributed by atoms with E-state index >= 15 is 0 Å². The molecule has 0 radical (unpaired) electrons. The van der Waals surface area contributed by atoms with E-state index in [-0.39, 0.29) is 11.5 Å². The summed E-state index contributed by atoms with van der Waals surface area (Å²) in [5, 5.41) is 7.63. The molecule has 0 aromatic carbocycles. The Morgan fingerprint density at radius 2 is 2.11 bits per heavy atom. The smallest absolute Gasteiger partial charge is 0.266 e. The standard InChI is InChI=1S/C13H9N3O2/c17-12-5-11(15-16-12)14-13(18)8-2-1-7-9-3-6(9)4-10(7)8/h1-2,4-5H,3H2,(H3,14,15,16,17,18). The summed E-state index contributed by atoms with van der Waals surface area (Å²) in [5.74, 6) is 0.175. The van der Waals surface area contributed by atoms with Crippen LogP contribution in [0.5, 0.6) is 0 Å².